The van der Waals surface area contributed by atoms with Crippen molar-refractivity contribution in [2.75, 3.05) is 5.32 Å². The van der Waals surface area contributed by atoms with Crippen LogP contribution in [0.15, 0.2) is 59.3 Å². The Morgan fingerprint density at radius 1 is 1.19 bits per heavy atom. The highest BCUT2D eigenvalue weighted by atomic mass is 19.1. The molecule has 9 heteroatoms. The van der Waals surface area contributed by atoms with E-state index in [4.69, 9.17) is 4.52 Å². The molecule has 0 atom stereocenters. The largest absolute Gasteiger partial charge is 0.328 e. The summed E-state index contributed by atoms with van der Waals surface area (Å²) in [7, 11) is 0. The highest BCUT2D eigenvalue weighted by molar-refractivity contribution is 6.01. The second-order valence-corrected chi connectivity index (χ2v) is 5.73. The van der Waals surface area contributed by atoms with E-state index in [0.717, 1.165) is 5.69 Å². The zero-order valence-electron chi connectivity index (χ0n) is 14.1. The van der Waals surface area contributed by atoms with Crippen LogP contribution in [0.25, 0.3) is 17.2 Å². The minimum absolute atomic E-state index is 0.137. The fourth-order valence-corrected chi connectivity index (χ4v) is 2.40. The second-order valence-electron chi connectivity index (χ2n) is 5.73. The van der Waals surface area contributed by atoms with Crippen molar-refractivity contribution in [2.24, 2.45) is 0 Å². The third kappa shape index (κ3) is 3.43. The summed E-state index contributed by atoms with van der Waals surface area (Å²) in [6.07, 6.45) is 1.63. The number of aryl methyl sites for hydroxylation is 1. The monoisotopic (exact) mass is 364 g/mol. The Labute approximate surface area is 152 Å². The molecule has 27 heavy (non-hydrogen) atoms. The molecule has 2 heterocycles. The van der Waals surface area contributed by atoms with Crippen LogP contribution in [0.2, 0.25) is 0 Å². The zero-order chi connectivity index (χ0) is 18.8. The lowest BCUT2D eigenvalue weighted by Gasteiger charge is -2.03. The first kappa shape index (κ1) is 16.6. The first-order valence-corrected chi connectivity index (χ1v) is 7.99. The van der Waals surface area contributed by atoms with E-state index in [0.29, 0.717) is 16.9 Å². The molecule has 0 aliphatic heterocycles. The van der Waals surface area contributed by atoms with Gasteiger partial charge >= 0.3 is 11.8 Å². The smallest absolute Gasteiger partial charge is 0.316 e. The van der Waals surface area contributed by atoms with Crippen molar-refractivity contribution in [3.8, 4) is 17.2 Å². The summed E-state index contributed by atoms with van der Waals surface area (Å²) in [5, 5.41) is 14.4. The van der Waals surface area contributed by atoms with Crippen LogP contribution in [-0.4, -0.2) is 31.0 Å². The van der Waals surface area contributed by atoms with Gasteiger partial charge < -0.3 is 9.84 Å². The van der Waals surface area contributed by atoms with Crippen LogP contribution in [0.4, 0.5) is 10.1 Å². The number of amides is 1. The van der Waals surface area contributed by atoms with Crippen molar-refractivity contribution in [3.05, 3.63) is 72.0 Å². The maximum Gasteiger partial charge on any atom is 0.316 e. The highest BCUT2D eigenvalue weighted by Gasteiger charge is 2.18. The Bertz CT molecular complexity index is 1110. The van der Waals surface area contributed by atoms with Crippen LogP contribution in [0.5, 0.6) is 0 Å². The molecule has 1 N–H and O–H groups in total. The lowest BCUT2D eigenvalue weighted by atomic mass is 10.2. The molecule has 0 spiro atoms. The minimum Gasteiger partial charge on any atom is -0.328 e. The van der Waals surface area contributed by atoms with Gasteiger partial charge in [0.25, 0.3) is 0 Å². The van der Waals surface area contributed by atoms with Gasteiger partial charge in [-0.25, -0.2) is 9.07 Å². The Kier molecular flexibility index (Phi) is 4.17. The standard InChI is InChI=1S/C18H13FN6O2/c1-11-9-12(7-8-14(11)19)20-17(26)18-21-16(23-27-18)15-10-25(24-22-15)13-5-3-2-4-6-13/h2-10H,1H3,(H,20,26). The van der Waals surface area contributed by atoms with E-state index >= 15 is 0 Å². The average Bonchev–Trinajstić information content (AvgIpc) is 3.35. The van der Waals surface area contributed by atoms with Crippen molar-refractivity contribution in [2.45, 2.75) is 6.92 Å². The number of carbonyl (C=O) groups excluding carboxylic acids is 1. The first-order chi connectivity index (χ1) is 13.1. The highest BCUT2D eigenvalue weighted by Crippen LogP contribution is 2.17. The maximum absolute atomic E-state index is 13.3. The maximum atomic E-state index is 13.3. The number of benzene rings is 2. The predicted octanol–water partition coefficient (Wildman–Crippen LogP) is 3.02. The van der Waals surface area contributed by atoms with Gasteiger partial charge in [-0.05, 0) is 42.8 Å². The predicted molar refractivity (Wildman–Crippen MR) is 93.7 cm³/mol. The summed E-state index contributed by atoms with van der Waals surface area (Å²) >= 11 is 0. The molecule has 1 amide bonds. The van der Waals surface area contributed by atoms with Crippen molar-refractivity contribution in [3.63, 3.8) is 0 Å². The Hall–Kier alpha value is -3.88. The number of hydrogen-bond acceptors (Lipinski definition) is 6. The van der Waals surface area contributed by atoms with Gasteiger partial charge in [-0.1, -0.05) is 28.6 Å². The van der Waals surface area contributed by atoms with Gasteiger partial charge in [0.15, 0.2) is 5.69 Å². The van der Waals surface area contributed by atoms with Gasteiger partial charge in [-0.2, -0.15) is 4.98 Å². The first-order valence-electron chi connectivity index (χ1n) is 7.99. The van der Waals surface area contributed by atoms with Crippen LogP contribution in [0.3, 0.4) is 0 Å². The van der Waals surface area contributed by atoms with Crippen LogP contribution in [0.1, 0.15) is 16.2 Å². The summed E-state index contributed by atoms with van der Waals surface area (Å²) in [5.41, 5.74) is 2.02. The van der Waals surface area contributed by atoms with Crippen LogP contribution in [0, 0.1) is 12.7 Å². The van der Waals surface area contributed by atoms with Gasteiger partial charge in [0.2, 0.25) is 5.82 Å². The van der Waals surface area contributed by atoms with E-state index in [-0.39, 0.29) is 17.5 Å². The molecule has 0 bridgehead atoms. The molecule has 0 saturated carbocycles. The second kappa shape index (κ2) is 6.79. The molecular formula is C18H13FN6O2. The third-order valence-electron chi connectivity index (χ3n) is 3.78. The number of carbonyl (C=O) groups is 1. The normalized spacial score (nSPS) is 10.7. The van der Waals surface area contributed by atoms with Crippen molar-refractivity contribution < 1.29 is 13.7 Å². The molecule has 4 aromatic rings. The molecule has 8 nitrogen and oxygen atoms in total. The van der Waals surface area contributed by atoms with Gasteiger partial charge in [-0.15, -0.1) is 5.10 Å². The number of nitrogens with one attached hydrogen (secondary N) is 1. The molecule has 0 radical (unpaired) electrons. The molecule has 134 valence electrons. The molecule has 2 aromatic carbocycles. The number of nitrogens with zero attached hydrogens (tertiary/aromatic N) is 5. The van der Waals surface area contributed by atoms with Gasteiger partial charge in [-0.3, -0.25) is 4.79 Å². The van der Waals surface area contributed by atoms with Gasteiger partial charge in [0.05, 0.1) is 11.9 Å². The SMILES string of the molecule is Cc1cc(NC(=O)c2nc(-c3cn(-c4ccccc4)nn3)no2)ccc1F. The number of para-hydroxylation sites is 1. The van der Waals surface area contributed by atoms with Gasteiger partial charge in [0.1, 0.15) is 5.82 Å². The van der Waals surface area contributed by atoms with Crippen molar-refractivity contribution in [1.82, 2.24) is 25.1 Å². The molecule has 0 fully saturated rings. The van der Waals surface area contributed by atoms with Gasteiger partial charge in [0, 0.05) is 5.69 Å². The molecule has 0 aliphatic carbocycles. The lowest BCUT2D eigenvalue weighted by molar-refractivity contribution is 0.0981. The molecular weight excluding hydrogens is 351 g/mol. The fraction of sp³-hybridized carbons (Fsp3) is 0.0556. The Morgan fingerprint density at radius 3 is 2.78 bits per heavy atom. The lowest BCUT2D eigenvalue weighted by Crippen LogP contribution is -2.12. The summed E-state index contributed by atoms with van der Waals surface area (Å²) in [6, 6.07) is 13.6. The number of halogens is 1. The molecule has 2 aromatic heterocycles. The minimum atomic E-state index is -0.602. The average molecular weight is 364 g/mol. The van der Waals surface area contributed by atoms with Crippen LogP contribution < -0.4 is 5.32 Å². The fourth-order valence-electron chi connectivity index (χ4n) is 2.40. The topological polar surface area (TPSA) is 98.7 Å². The summed E-state index contributed by atoms with van der Waals surface area (Å²) in [5.74, 6) is -1.05. The zero-order valence-corrected chi connectivity index (χ0v) is 14.1. The van der Waals surface area contributed by atoms with E-state index < -0.39 is 5.91 Å². The summed E-state index contributed by atoms with van der Waals surface area (Å²) < 4.78 is 19.9. The van der Waals surface area contributed by atoms with E-state index in [1.54, 1.807) is 17.8 Å². The number of hydrogen-bond donors (Lipinski definition) is 1. The van der Waals surface area contributed by atoms with Crippen LogP contribution >= 0.6 is 0 Å². The van der Waals surface area contributed by atoms with Crippen molar-refractivity contribution in [1.29, 1.82) is 0 Å². The van der Waals surface area contributed by atoms with E-state index in [1.165, 1.54) is 18.2 Å². The molecule has 0 saturated heterocycles. The Balaban J connectivity index is 1.52. The third-order valence-corrected chi connectivity index (χ3v) is 3.78. The van der Waals surface area contributed by atoms with Crippen molar-refractivity contribution >= 4 is 11.6 Å². The van der Waals surface area contributed by atoms with E-state index in [2.05, 4.69) is 25.8 Å². The van der Waals surface area contributed by atoms with E-state index in [9.17, 15) is 9.18 Å². The Morgan fingerprint density at radius 2 is 2.00 bits per heavy atom. The molecule has 0 unspecified atom stereocenters. The van der Waals surface area contributed by atoms with E-state index in [1.807, 2.05) is 30.3 Å². The molecule has 0 aliphatic rings. The number of anilines is 1. The number of rotatable bonds is 4. The summed E-state index contributed by atoms with van der Waals surface area (Å²) in [6.45, 7) is 1.60. The van der Waals surface area contributed by atoms with Crippen LogP contribution in [-0.2, 0) is 0 Å². The number of aromatic nitrogens is 5. The molecule has 4 rings (SSSR count). The summed E-state index contributed by atoms with van der Waals surface area (Å²) in [4.78, 5) is 16.3. The quantitative estimate of drug-likeness (QED) is 0.598.